The van der Waals surface area contributed by atoms with E-state index in [-0.39, 0.29) is 0 Å². The highest BCUT2D eigenvalue weighted by Gasteiger charge is 2.18. The smallest absolute Gasteiger partial charge is 0.103 e. The van der Waals surface area contributed by atoms with Crippen LogP contribution in [0, 0.1) is 11.3 Å². The van der Waals surface area contributed by atoms with Crippen LogP contribution in [-0.4, -0.2) is 5.60 Å². The largest absolute Gasteiger partial charge is 0.362 e. The van der Waals surface area contributed by atoms with Gasteiger partial charge in [0.05, 0.1) is 19.1 Å². The van der Waals surface area contributed by atoms with Crippen LogP contribution in [0.3, 0.4) is 0 Å². The molecule has 1 aliphatic carbocycles. The zero-order valence-electron chi connectivity index (χ0n) is 11.0. The first kappa shape index (κ1) is 13.3. The van der Waals surface area contributed by atoms with Gasteiger partial charge in [-0.15, -0.1) is 0 Å². The molecule has 0 fully saturated rings. The summed E-state index contributed by atoms with van der Waals surface area (Å²) in [6.45, 7) is 2.59. The number of nitrogens with zero attached hydrogens (tertiary/aromatic N) is 1. The molecule has 2 nitrogen and oxygen atoms in total. The van der Waals surface area contributed by atoms with Gasteiger partial charge in [-0.3, -0.25) is 0 Å². The molecule has 0 aromatic heterocycles. The molecule has 0 heterocycles. The van der Waals surface area contributed by atoms with Crippen LogP contribution >= 0.6 is 0 Å². The quantitative estimate of drug-likeness (QED) is 0.812. The van der Waals surface area contributed by atoms with Crippen LogP contribution in [0.4, 0.5) is 0 Å². The molecule has 1 unspecified atom stereocenters. The van der Waals surface area contributed by atoms with E-state index in [1.54, 1.807) is 0 Å². The Kier molecular flexibility index (Phi) is 4.33. The van der Waals surface area contributed by atoms with E-state index in [1.807, 2.05) is 67.6 Å². The van der Waals surface area contributed by atoms with Crippen LogP contribution in [-0.2, 0) is 11.3 Å². The maximum absolute atomic E-state index is 8.71. The van der Waals surface area contributed by atoms with E-state index >= 15 is 0 Å². The predicted molar refractivity (Wildman–Crippen MR) is 76.2 cm³/mol. The molecule has 1 aromatic carbocycles. The van der Waals surface area contributed by atoms with Crippen molar-refractivity contribution in [3.05, 3.63) is 71.8 Å². The molecule has 0 amide bonds. The Labute approximate surface area is 114 Å². The first-order valence-electron chi connectivity index (χ1n) is 6.34. The molecule has 19 heavy (non-hydrogen) atoms. The van der Waals surface area contributed by atoms with Gasteiger partial charge in [0.2, 0.25) is 0 Å². The first-order valence-corrected chi connectivity index (χ1v) is 6.34. The zero-order chi connectivity index (χ0) is 13.6. The van der Waals surface area contributed by atoms with Crippen molar-refractivity contribution < 1.29 is 4.74 Å². The summed E-state index contributed by atoms with van der Waals surface area (Å²) in [6, 6.07) is 12.3. The molecule has 1 aliphatic rings. The lowest BCUT2D eigenvalue weighted by Crippen LogP contribution is -2.22. The third-order valence-electron chi connectivity index (χ3n) is 3.04. The van der Waals surface area contributed by atoms with Gasteiger partial charge in [-0.2, -0.15) is 5.26 Å². The number of nitriles is 1. The third-order valence-corrected chi connectivity index (χ3v) is 3.04. The monoisotopic (exact) mass is 251 g/mol. The first-order chi connectivity index (χ1) is 9.22. The van der Waals surface area contributed by atoms with E-state index in [1.165, 1.54) is 0 Å². The van der Waals surface area contributed by atoms with Gasteiger partial charge < -0.3 is 4.74 Å². The van der Waals surface area contributed by atoms with Crippen molar-refractivity contribution in [2.24, 2.45) is 0 Å². The van der Waals surface area contributed by atoms with E-state index in [4.69, 9.17) is 10.00 Å². The molecular formula is C17H17NO. The molecule has 96 valence electrons. The van der Waals surface area contributed by atoms with Crippen molar-refractivity contribution in [2.75, 3.05) is 0 Å². The van der Waals surface area contributed by atoms with E-state index in [0.29, 0.717) is 13.0 Å². The van der Waals surface area contributed by atoms with Gasteiger partial charge in [-0.25, -0.2) is 0 Å². The molecule has 0 saturated heterocycles. The predicted octanol–water partition coefficient (Wildman–Crippen LogP) is 3.93. The van der Waals surface area contributed by atoms with E-state index in [9.17, 15) is 0 Å². The minimum atomic E-state index is -0.427. The average molecular weight is 251 g/mol. The zero-order valence-corrected chi connectivity index (χ0v) is 11.0. The molecule has 2 heteroatoms. The fourth-order valence-corrected chi connectivity index (χ4v) is 1.86. The van der Waals surface area contributed by atoms with Gasteiger partial charge in [0, 0.05) is 0 Å². The summed E-state index contributed by atoms with van der Waals surface area (Å²) in [6.07, 6.45) is 10.3. The minimum Gasteiger partial charge on any atom is -0.362 e. The summed E-state index contributed by atoms with van der Waals surface area (Å²) >= 11 is 0. The Hall–Kier alpha value is -2.11. The summed E-state index contributed by atoms with van der Waals surface area (Å²) in [5.74, 6) is 0. The molecule has 0 N–H and O–H groups in total. The lowest BCUT2D eigenvalue weighted by Gasteiger charge is -2.22. The van der Waals surface area contributed by atoms with Crippen LogP contribution < -0.4 is 0 Å². The van der Waals surface area contributed by atoms with Gasteiger partial charge in [0.25, 0.3) is 0 Å². The SMILES string of the molecule is CC1(OCc2ccccc2)C=CC=C(CC#N)C=C1. The lowest BCUT2D eigenvalue weighted by atomic mass is 10.1. The molecule has 0 radical (unpaired) electrons. The summed E-state index contributed by atoms with van der Waals surface area (Å²) < 4.78 is 5.97. The Morgan fingerprint density at radius 1 is 1.21 bits per heavy atom. The van der Waals surface area contributed by atoms with Gasteiger partial charge >= 0.3 is 0 Å². The average Bonchev–Trinajstić information content (AvgIpc) is 2.62. The molecule has 0 bridgehead atoms. The Morgan fingerprint density at radius 2 is 2.00 bits per heavy atom. The summed E-state index contributed by atoms with van der Waals surface area (Å²) in [4.78, 5) is 0. The van der Waals surface area contributed by atoms with Crippen molar-refractivity contribution in [2.45, 2.75) is 25.6 Å². The van der Waals surface area contributed by atoms with Gasteiger partial charge in [-0.05, 0) is 30.2 Å². The summed E-state index contributed by atoms with van der Waals surface area (Å²) in [5.41, 5.74) is 1.73. The van der Waals surface area contributed by atoms with Crippen LogP contribution in [0.25, 0.3) is 0 Å². The van der Waals surface area contributed by atoms with Crippen LogP contribution in [0.2, 0.25) is 0 Å². The second kappa shape index (κ2) is 6.17. The standard InChI is InChI=1S/C17H17NO/c1-17(19-14-16-6-3-2-4-7-16)11-5-8-15(9-12-17)10-13-18/h2-9,11-12H,10,14H2,1H3. The fraction of sp³-hybridized carbons (Fsp3) is 0.235. The molecular weight excluding hydrogens is 234 g/mol. The van der Waals surface area contributed by atoms with Gasteiger partial charge in [-0.1, -0.05) is 48.6 Å². The van der Waals surface area contributed by atoms with Crippen molar-refractivity contribution in [3.63, 3.8) is 0 Å². The van der Waals surface area contributed by atoms with Crippen LogP contribution in [0.15, 0.2) is 66.3 Å². The van der Waals surface area contributed by atoms with Crippen molar-refractivity contribution >= 4 is 0 Å². The number of hydrogen-bond acceptors (Lipinski definition) is 2. The number of allylic oxidation sites excluding steroid dienone is 4. The highest BCUT2D eigenvalue weighted by molar-refractivity contribution is 5.34. The second-order valence-corrected chi connectivity index (χ2v) is 4.73. The summed E-state index contributed by atoms with van der Waals surface area (Å²) in [5, 5.41) is 8.71. The van der Waals surface area contributed by atoms with Gasteiger partial charge in [0.1, 0.15) is 5.60 Å². The van der Waals surface area contributed by atoms with E-state index in [0.717, 1.165) is 11.1 Å². The van der Waals surface area contributed by atoms with E-state index < -0.39 is 5.60 Å². The molecule has 1 aromatic rings. The summed E-state index contributed by atoms with van der Waals surface area (Å²) in [7, 11) is 0. The number of rotatable bonds is 4. The fourth-order valence-electron chi connectivity index (χ4n) is 1.86. The lowest BCUT2D eigenvalue weighted by molar-refractivity contribution is 0.0285. The Bertz CT molecular complexity index is 548. The molecule has 2 rings (SSSR count). The molecule has 0 spiro atoms. The maximum atomic E-state index is 8.71. The van der Waals surface area contributed by atoms with Crippen molar-refractivity contribution in [1.82, 2.24) is 0 Å². The van der Waals surface area contributed by atoms with Crippen LogP contribution in [0.5, 0.6) is 0 Å². The van der Waals surface area contributed by atoms with Gasteiger partial charge in [0.15, 0.2) is 0 Å². The maximum Gasteiger partial charge on any atom is 0.103 e. The minimum absolute atomic E-state index is 0.426. The highest BCUT2D eigenvalue weighted by atomic mass is 16.5. The molecule has 1 atom stereocenters. The highest BCUT2D eigenvalue weighted by Crippen LogP contribution is 2.21. The Morgan fingerprint density at radius 3 is 2.74 bits per heavy atom. The molecule has 0 saturated carbocycles. The van der Waals surface area contributed by atoms with E-state index in [2.05, 4.69) is 6.07 Å². The van der Waals surface area contributed by atoms with Crippen molar-refractivity contribution in [3.8, 4) is 6.07 Å². The Balaban J connectivity index is 2.01. The number of ether oxygens (including phenoxy) is 1. The number of benzene rings is 1. The van der Waals surface area contributed by atoms with Crippen molar-refractivity contribution in [1.29, 1.82) is 5.26 Å². The van der Waals surface area contributed by atoms with Crippen LogP contribution in [0.1, 0.15) is 18.9 Å². The normalized spacial score (nSPS) is 21.6. The number of hydrogen-bond donors (Lipinski definition) is 0. The topological polar surface area (TPSA) is 33.0 Å². The molecule has 0 aliphatic heterocycles. The second-order valence-electron chi connectivity index (χ2n) is 4.73. The third kappa shape index (κ3) is 3.94.